The SMILES string of the molecule is Nc1c(NC2CCC2)cccc1C(=O)O. The summed E-state index contributed by atoms with van der Waals surface area (Å²) in [7, 11) is 0. The van der Waals surface area contributed by atoms with E-state index >= 15 is 0 Å². The summed E-state index contributed by atoms with van der Waals surface area (Å²) in [6, 6.07) is 5.50. The van der Waals surface area contributed by atoms with Crippen LogP contribution < -0.4 is 11.1 Å². The van der Waals surface area contributed by atoms with E-state index in [0.717, 1.165) is 18.5 Å². The summed E-state index contributed by atoms with van der Waals surface area (Å²) < 4.78 is 0. The number of carbonyl (C=O) groups is 1. The van der Waals surface area contributed by atoms with E-state index in [4.69, 9.17) is 10.8 Å². The lowest BCUT2D eigenvalue weighted by Gasteiger charge is -2.28. The summed E-state index contributed by atoms with van der Waals surface area (Å²) in [5.41, 5.74) is 7.00. The molecule has 0 aromatic heterocycles. The van der Waals surface area contributed by atoms with Crippen molar-refractivity contribution in [2.75, 3.05) is 11.1 Å². The first-order chi connectivity index (χ1) is 7.18. The highest BCUT2D eigenvalue weighted by Gasteiger charge is 2.19. The fourth-order valence-electron chi connectivity index (χ4n) is 1.65. The molecule has 1 fully saturated rings. The number of hydrogen-bond acceptors (Lipinski definition) is 3. The molecule has 0 aliphatic heterocycles. The van der Waals surface area contributed by atoms with Crippen LogP contribution in [0, 0.1) is 0 Å². The first kappa shape index (κ1) is 9.83. The fraction of sp³-hybridized carbons (Fsp3) is 0.364. The lowest BCUT2D eigenvalue weighted by molar-refractivity contribution is 0.0698. The number of carboxylic acids is 1. The summed E-state index contributed by atoms with van der Waals surface area (Å²) in [5, 5.41) is 12.1. The molecule has 0 unspecified atom stereocenters. The number of anilines is 2. The van der Waals surface area contributed by atoms with Gasteiger partial charge in [-0.25, -0.2) is 4.79 Å². The fourth-order valence-corrected chi connectivity index (χ4v) is 1.65. The molecule has 4 heteroatoms. The van der Waals surface area contributed by atoms with Crippen molar-refractivity contribution < 1.29 is 9.90 Å². The molecule has 2 rings (SSSR count). The van der Waals surface area contributed by atoms with Crippen molar-refractivity contribution in [1.29, 1.82) is 0 Å². The Labute approximate surface area is 88.1 Å². The van der Waals surface area contributed by atoms with Gasteiger partial charge < -0.3 is 16.2 Å². The molecule has 0 radical (unpaired) electrons. The van der Waals surface area contributed by atoms with Crippen molar-refractivity contribution in [3.05, 3.63) is 23.8 Å². The molecular formula is C11H14N2O2. The van der Waals surface area contributed by atoms with Crippen LogP contribution in [0.1, 0.15) is 29.6 Å². The zero-order valence-corrected chi connectivity index (χ0v) is 8.36. The molecule has 1 aliphatic carbocycles. The average Bonchev–Trinajstić information content (AvgIpc) is 2.13. The van der Waals surface area contributed by atoms with Gasteiger partial charge in [0.25, 0.3) is 0 Å². The van der Waals surface area contributed by atoms with Crippen molar-refractivity contribution in [3.8, 4) is 0 Å². The largest absolute Gasteiger partial charge is 0.478 e. The molecule has 0 saturated heterocycles. The number of nitrogens with one attached hydrogen (secondary N) is 1. The molecule has 1 aromatic rings. The molecule has 1 saturated carbocycles. The summed E-state index contributed by atoms with van der Waals surface area (Å²) in [5.74, 6) is -0.982. The van der Waals surface area contributed by atoms with E-state index in [1.807, 2.05) is 6.07 Å². The van der Waals surface area contributed by atoms with Gasteiger partial charge in [-0.2, -0.15) is 0 Å². The maximum atomic E-state index is 10.8. The van der Waals surface area contributed by atoms with Crippen LogP contribution in [0.3, 0.4) is 0 Å². The van der Waals surface area contributed by atoms with Crippen LogP contribution in [0.4, 0.5) is 11.4 Å². The van der Waals surface area contributed by atoms with Gasteiger partial charge in [0.05, 0.1) is 16.9 Å². The van der Waals surface area contributed by atoms with Gasteiger partial charge in [-0.05, 0) is 31.4 Å². The highest BCUT2D eigenvalue weighted by Crippen LogP contribution is 2.28. The third kappa shape index (κ3) is 1.88. The van der Waals surface area contributed by atoms with E-state index < -0.39 is 5.97 Å². The molecule has 80 valence electrons. The van der Waals surface area contributed by atoms with Gasteiger partial charge in [-0.1, -0.05) is 6.07 Å². The van der Waals surface area contributed by atoms with Gasteiger partial charge in [0.2, 0.25) is 0 Å². The summed E-state index contributed by atoms with van der Waals surface area (Å²) in [4.78, 5) is 10.8. The maximum Gasteiger partial charge on any atom is 0.337 e. The number of nitrogen functional groups attached to an aromatic ring is 1. The molecule has 4 N–H and O–H groups in total. The second-order valence-corrected chi connectivity index (χ2v) is 3.84. The predicted octanol–water partition coefficient (Wildman–Crippen LogP) is 1.93. The monoisotopic (exact) mass is 206 g/mol. The molecule has 0 atom stereocenters. The Bertz CT molecular complexity index is 386. The minimum atomic E-state index is -0.982. The highest BCUT2D eigenvalue weighted by atomic mass is 16.4. The number of nitrogens with two attached hydrogens (primary N) is 1. The second-order valence-electron chi connectivity index (χ2n) is 3.84. The third-order valence-electron chi connectivity index (χ3n) is 2.80. The molecule has 0 amide bonds. The third-order valence-corrected chi connectivity index (χ3v) is 2.80. The van der Waals surface area contributed by atoms with E-state index in [1.165, 1.54) is 12.5 Å². The van der Waals surface area contributed by atoms with Crippen molar-refractivity contribution in [2.24, 2.45) is 0 Å². The Kier molecular flexibility index (Phi) is 2.49. The smallest absolute Gasteiger partial charge is 0.337 e. The van der Waals surface area contributed by atoms with Gasteiger partial charge in [-0.15, -0.1) is 0 Å². The van der Waals surface area contributed by atoms with Gasteiger partial charge in [0, 0.05) is 6.04 Å². The second kappa shape index (κ2) is 3.81. The molecule has 15 heavy (non-hydrogen) atoms. The zero-order chi connectivity index (χ0) is 10.8. The molecule has 0 spiro atoms. The van der Waals surface area contributed by atoms with Crippen molar-refractivity contribution in [3.63, 3.8) is 0 Å². The molecule has 1 aromatic carbocycles. The van der Waals surface area contributed by atoms with Crippen LogP contribution in [0.15, 0.2) is 18.2 Å². The average molecular weight is 206 g/mol. The van der Waals surface area contributed by atoms with E-state index in [9.17, 15) is 4.79 Å². The van der Waals surface area contributed by atoms with Crippen molar-refractivity contribution in [1.82, 2.24) is 0 Å². The quantitative estimate of drug-likeness (QED) is 0.660. The standard InChI is InChI=1S/C11H14N2O2/c12-10-8(11(14)15)5-2-6-9(10)13-7-3-1-4-7/h2,5-7,13H,1,3-4,12H2,(H,14,15). The maximum absolute atomic E-state index is 10.8. The van der Waals surface area contributed by atoms with E-state index in [0.29, 0.717) is 11.7 Å². The van der Waals surface area contributed by atoms with Gasteiger partial charge in [0.15, 0.2) is 0 Å². The summed E-state index contributed by atoms with van der Waals surface area (Å²) >= 11 is 0. The van der Waals surface area contributed by atoms with Crippen LogP contribution in [0.5, 0.6) is 0 Å². The Morgan fingerprint density at radius 2 is 2.20 bits per heavy atom. The number of aromatic carboxylic acids is 1. The Morgan fingerprint density at radius 3 is 2.73 bits per heavy atom. The Balaban J connectivity index is 2.22. The van der Waals surface area contributed by atoms with Crippen LogP contribution in [0.25, 0.3) is 0 Å². The predicted molar refractivity (Wildman–Crippen MR) is 59.1 cm³/mol. The lowest BCUT2D eigenvalue weighted by Crippen LogP contribution is -2.27. The number of rotatable bonds is 3. The first-order valence-electron chi connectivity index (χ1n) is 5.07. The van der Waals surface area contributed by atoms with Gasteiger partial charge in [-0.3, -0.25) is 0 Å². The summed E-state index contributed by atoms with van der Waals surface area (Å²) in [6.45, 7) is 0. The molecule has 0 bridgehead atoms. The van der Waals surface area contributed by atoms with Crippen LogP contribution in [-0.2, 0) is 0 Å². The minimum absolute atomic E-state index is 0.166. The lowest BCUT2D eigenvalue weighted by atomic mass is 9.93. The molecule has 0 heterocycles. The van der Waals surface area contributed by atoms with E-state index in [2.05, 4.69) is 5.32 Å². The van der Waals surface area contributed by atoms with Crippen LogP contribution in [0.2, 0.25) is 0 Å². The van der Waals surface area contributed by atoms with Crippen LogP contribution >= 0.6 is 0 Å². The van der Waals surface area contributed by atoms with E-state index in [1.54, 1.807) is 6.07 Å². The molecule has 1 aliphatic rings. The Hall–Kier alpha value is -1.71. The van der Waals surface area contributed by atoms with Gasteiger partial charge >= 0.3 is 5.97 Å². The molecule has 4 nitrogen and oxygen atoms in total. The molecular weight excluding hydrogens is 192 g/mol. The number of hydrogen-bond donors (Lipinski definition) is 3. The highest BCUT2D eigenvalue weighted by molar-refractivity contribution is 5.97. The topological polar surface area (TPSA) is 75.3 Å². The number of benzene rings is 1. The number of para-hydroxylation sites is 1. The number of carboxylic acid groups (broad SMARTS) is 1. The normalized spacial score (nSPS) is 15.7. The Morgan fingerprint density at radius 1 is 1.47 bits per heavy atom. The minimum Gasteiger partial charge on any atom is -0.478 e. The first-order valence-corrected chi connectivity index (χ1v) is 5.07. The van der Waals surface area contributed by atoms with E-state index in [-0.39, 0.29) is 5.56 Å². The van der Waals surface area contributed by atoms with Crippen molar-refractivity contribution >= 4 is 17.3 Å². The van der Waals surface area contributed by atoms with Crippen molar-refractivity contribution in [2.45, 2.75) is 25.3 Å². The summed E-state index contributed by atoms with van der Waals surface area (Å²) in [6.07, 6.45) is 3.50. The van der Waals surface area contributed by atoms with Gasteiger partial charge in [0.1, 0.15) is 0 Å². The zero-order valence-electron chi connectivity index (χ0n) is 8.36. The van der Waals surface area contributed by atoms with Crippen LogP contribution in [-0.4, -0.2) is 17.1 Å².